The Kier molecular flexibility index (Phi) is 4.71. The van der Waals surface area contributed by atoms with Crippen molar-refractivity contribution in [1.29, 1.82) is 5.26 Å². The van der Waals surface area contributed by atoms with Gasteiger partial charge in [0.2, 0.25) is 0 Å². The highest BCUT2D eigenvalue weighted by Crippen LogP contribution is 2.01. The molecule has 0 aromatic carbocycles. The summed E-state index contributed by atoms with van der Waals surface area (Å²) in [5.41, 5.74) is -0.184. The van der Waals surface area contributed by atoms with Gasteiger partial charge in [0.15, 0.2) is 5.57 Å². The number of esters is 1. The molecule has 0 rings (SSSR count). The molecule has 0 spiro atoms. The smallest absolute Gasteiger partial charge is 0.350 e. The van der Waals surface area contributed by atoms with Crippen LogP contribution in [0.5, 0.6) is 0 Å². The van der Waals surface area contributed by atoms with Crippen molar-refractivity contribution in [2.45, 2.75) is 33.2 Å². The van der Waals surface area contributed by atoms with Gasteiger partial charge in [-0.2, -0.15) is 5.26 Å². The first-order chi connectivity index (χ1) is 6.40. The van der Waals surface area contributed by atoms with Crippen LogP contribution in [0.3, 0.4) is 0 Å². The van der Waals surface area contributed by atoms with E-state index in [9.17, 15) is 4.79 Å². The molecule has 0 atom stereocenters. The highest BCUT2D eigenvalue weighted by Gasteiger charge is 2.12. The zero-order chi connectivity index (χ0) is 11.2. The SMILES string of the molecule is CCOC(=O)C(C#N)=CNC(C)(C)C. The normalized spacial score (nSPS) is 11.8. The Morgan fingerprint density at radius 2 is 2.14 bits per heavy atom. The van der Waals surface area contributed by atoms with E-state index in [2.05, 4.69) is 5.32 Å². The molecule has 0 amide bonds. The number of hydrogen-bond donors (Lipinski definition) is 1. The van der Waals surface area contributed by atoms with Gasteiger partial charge in [0, 0.05) is 11.7 Å². The Hall–Kier alpha value is -1.50. The predicted octanol–water partition coefficient (Wildman–Crippen LogP) is 1.35. The van der Waals surface area contributed by atoms with Crippen molar-refractivity contribution in [2.75, 3.05) is 6.61 Å². The Labute approximate surface area is 84.6 Å². The molecule has 0 aliphatic carbocycles. The summed E-state index contributed by atoms with van der Waals surface area (Å²) in [7, 11) is 0. The zero-order valence-electron chi connectivity index (χ0n) is 9.05. The number of carbonyl (C=O) groups is 1. The number of ether oxygens (including phenoxy) is 1. The lowest BCUT2D eigenvalue weighted by atomic mass is 10.1. The lowest BCUT2D eigenvalue weighted by Gasteiger charge is -2.18. The van der Waals surface area contributed by atoms with Crippen molar-refractivity contribution in [1.82, 2.24) is 5.32 Å². The summed E-state index contributed by atoms with van der Waals surface area (Å²) in [5, 5.41) is 11.6. The van der Waals surface area contributed by atoms with E-state index in [0.717, 1.165) is 0 Å². The number of carbonyl (C=O) groups excluding carboxylic acids is 1. The molecule has 0 aliphatic heterocycles. The van der Waals surface area contributed by atoms with E-state index in [4.69, 9.17) is 10.00 Å². The summed E-state index contributed by atoms with van der Waals surface area (Å²) in [6, 6.07) is 1.78. The second-order valence-electron chi connectivity index (χ2n) is 3.78. The maximum absolute atomic E-state index is 11.1. The van der Waals surface area contributed by atoms with Gasteiger partial charge in [-0.15, -0.1) is 0 Å². The van der Waals surface area contributed by atoms with Crippen molar-refractivity contribution in [3.8, 4) is 6.07 Å². The molecule has 78 valence electrons. The van der Waals surface area contributed by atoms with E-state index >= 15 is 0 Å². The highest BCUT2D eigenvalue weighted by atomic mass is 16.5. The lowest BCUT2D eigenvalue weighted by molar-refractivity contribution is -0.138. The Balaban J connectivity index is 4.43. The molecule has 0 saturated heterocycles. The van der Waals surface area contributed by atoms with Crippen molar-refractivity contribution >= 4 is 5.97 Å². The summed E-state index contributed by atoms with van der Waals surface area (Å²) in [6.07, 6.45) is 1.39. The van der Waals surface area contributed by atoms with Gasteiger partial charge in [-0.1, -0.05) is 0 Å². The summed E-state index contributed by atoms with van der Waals surface area (Å²) in [4.78, 5) is 11.1. The molecule has 0 radical (unpaired) electrons. The van der Waals surface area contributed by atoms with E-state index in [-0.39, 0.29) is 17.7 Å². The van der Waals surface area contributed by atoms with Crippen LogP contribution in [0.2, 0.25) is 0 Å². The maximum atomic E-state index is 11.1. The van der Waals surface area contributed by atoms with Gasteiger partial charge in [0.05, 0.1) is 6.61 Å². The van der Waals surface area contributed by atoms with Crippen LogP contribution in [0.4, 0.5) is 0 Å². The standard InChI is InChI=1S/C10H16N2O2/c1-5-14-9(13)8(6-11)7-12-10(2,3)4/h7,12H,5H2,1-4H3. The van der Waals surface area contributed by atoms with Crippen LogP contribution in [0.15, 0.2) is 11.8 Å². The molecule has 0 fully saturated rings. The average Bonchev–Trinajstić information content (AvgIpc) is 2.03. The molecule has 0 heterocycles. The summed E-state index contributed by atoms with van der Waals surface area (Å²) >= 11 is 0. The first-order valence-electron chi connectivity index (χ1n) is 4.45. The minimum absolute atomic E-state index is 0.0122. The van der Waals surface area contributed by atoms with E-state index in [1.54, 1.807) is 13.0 Å². The van der Waals surface area contributed by atoms with Crippen LogP contribution in [0.25, 0.3) is 0 Å². The first-order valence-corrected chi connectivity index (χ1v) is 4.45. The first kappa shape index (κ1) is 12.5. The van der Waals surface area contributed by atoms with Crippen molar-refractivity contribution in [2.24, 2.45) is 0 Å². The monoisotopic (exact) mass is 196 g/mol. The molecule has 4 nitrogen and oxygen atoms in total. The predicted molar refractivity (Wildman–Crippen MR) is 53.2 cm³/mol. The van der Waals surface area contributed by atoms with Gasteiger partial charge in [0.25, 0.3) is 0 Å². The van der Waals surface area contributed by atoms with Crippen molar-refractivity contribution in [3.05, 3.63) is 11.8 Å². The number of rotatable bonds is 3. The third kappa shape index (κ3) is 5.20. The van der Waals surface area contributed by atoms with Crippen LogP contribution in [0, 0.1) is 11.3 Å². The van der Waals surface area contributed by atoms with Crippen LogP contribution in [0.1, 0.15) is 27.7 Å². The minimum atomic E-state index is -0.591. The Bertz CT molecular complexity index is 269. The second kappa shape index (κ2) is 5.28. The van der Waals surface area contributed by atoms with Crippen LogP contribution in [-0.4, -0.2) is 18.1 Å². The minimum Gasteiger partial charge on any atom is -0.462 e. The summed E-state index contributed by atoms with van der Waals surface area (Å²) in [5.74, 6) is -0.591. The van der Waals surface area contributed by atoms with E-state index in [1.165, 1.54) is 6.20 Å². The highest BCUT2D eigenvalue weighted by molar-refractivity contribution is 5.92. The van der Waals surface area contributed by atoms with Crippen molar-refractivity contribution in [3.63, 3.8) is 0 Å². The number of nitriles is 1. The fraction of sp³-hybridized carbons (Fsp3) is 0.600. The number of nitrogens with one attached hydrogen (secondary N) is 1. The van der Waals surface area contributed by atoms with Gasteiger partial charge in [0.1, 0.15) is 6.07 Å². The summed E-state index contributed by atoms with van der Waals surface area (Å²) < 4.78 is 4.69. The Morgan fingerprint density at radius 1 is 1.57 bits per heavy atom. The largest absolute Gasteiger partial charge is 0.462 e. The molecule has 0 bridgehead atoms. The van der Waals surface area contributed by atoms with E-state index in [0.29, 0.717) is 0 Å². The molecule has 14 heavy (non-hydrogen) atoms. The third-order valence-electron chi connectivity index (χ3n) is 1.27. The fourth-order valence-electron chi connectivity index (χ4n) is 0.634. The molecule has 0 aromatic rings. The van der Waals surface area contributed by atoms with E-state index < -0.39 is 5.97 Å². The van der Waals surface area contributed by atoms with Gasteiger partial charge in [-0.05, 0) is 27.7 Å². The van der Waals surface area contributed by atoms with E-state index in [1.807, 2.05) is 20.8 Å². The topological polar surface area (TPSA) is 62.1 Å². The van der Waals surface area contributed by atoms with Gasteiger partial charge < -0.3 is 10.1 Å². The quantitative estimate of drug-likeness (QED) is 0.420. The van der Waals surface area contributed by atoms with Gasteiger partial charge >= 0.3 is 5.97 Å². The molecule has 0 unspecified atom stereocenters. The molecule has 4 heteroatoms. The molecule has 1 N–H and O–H groups in total. The Morgan fingerprint density at radius 3 is 2.50 bits per heavy atom. The molecular weight excluding hydrogens is 180 g/mol. The maximum Gasteiger partial charge on any atom is 0.350 e. The lowest BCUT2D eigenvalue weighted by Crippen LogP contribution is -2.32. The molecule has 0 aromatic heterocycles. The third-order valence-corrected chi connectivity index (χ3v) is 1.27. The number of nitrogens with zero attached hydrogens (tertiary/aromatic N) is 1. The molecular formula is C10H16N2O2. The van der Waals surface area contributed by atoms with Gasteiger partial charge in [-0.3, -0.25) is 0 Å². The zero-order valence-corrected chi connectivity index (χ0v) is 9.05. The fourth-order valence-corrected chi connectivity index (χ4v) is 0.634. The summed E-state index contributed by atoms with van der Waals surface area (Å²) in [6.45, 7) is 7.77. The second-order valence-corrected chi connectivity index (χ2v) is 3.78. The van der Waals surface area contributed by atoms with Crippen LogP contribution < -0.4 is 5.32 Å². The number of hydrogen-bond acceptors (Lipinski definition) is 4. The van der Waals surface area contributed by atoms with Crippen LogP contribution >= 0.6 is 0 Å². The van der Waals surface area contributed by atoms with Gasteiger partial charge in [-0.25, -0.2) is 4.79 Å². The van der Waals surface area contributed by atoms with Crippen molar-refractivity contribution < 1.29 is 9.53 Å². The van der Waals surface area contributed by atoms with Crippen LogP contribution in [-0.2, 0) is 9.53 Å². The molecule has 0 saturated carbocycles. The molecule has 0 aliphatic rings. The average molecular weight is 196 g/mol.